The van der Waals surface area contributed by atoms with Gasteiger partial charge in [-0.15, -0.1) is 0 Å². The summed E-state index contributed by atoms with van der Waals surface area (Å²) in [7, 11) is 0. The third-order valence-electron chi connectivity index (χ3n) is 7.00. The SMILES string of the molecule is CCN1C(=O)[C@H]2[C@@H](c3ccc(C)cc3)N3C(=O)N(c4cccc(Br)c4)C(=O)[C@@]3(C)[C@H]2C1=O. The molecule has 0 N–H and O–H groups in total. The summed E-state index contributed by atoms with van der Waals surface area (Å²) in [5.41, 5.74) is 0.754. The molecule has 5 rings (SSSR count). The third-order valence-corrected chi connectivity index (χ3v) is 7.49. The number of anilines is 1. The molecule has 8 heteroatoms. The van der Waals surface area contributed by atoms with E-state index in [-0.39, 0.29) is 18.4 Å². The minimum atomic E-state index is -1.45. The van der Waals surface area contributed by atoms with Crippen LogP contribution >= 0.6 is 15.9 Å². The van der Waals surface area contributed by atoms with Crippen molar-refractivity contribution in [3.63, 3.8) is 0 Å². The van der Waals surface area contributed by atoms with Crippen molar-refractivity contribution in [3.8, 4) is 0 Å². The first-order valence-corrected chi connectivity index (χ1v) is 11.4. The van der Waals surface area contributed by atoms with E-state index in [9.17, 15) is 19.2 Å². The minimum absolute atomic E-state index is 0.235. The van der Waals surface area contributed by atoms with Crippen LogP contribution in [0.5, 0.6) is 0 Å². The fourth-order valence-corrected chi connectivity index (χ4v) is 5.90. The van der Waals surface area contributed by atoms with E-state index in [1.807, 2.05) is 31.2 Å². The molecule has 2 aromatic rings. The smallest absolute Gasteiger partial charge is 0.301 e. The standard InChI is InChI=1S/C24H22BrN3O4/c1-4-26-20(29)17-18(21(26)30)24(3)22(31)27(16-7-5-6-15(25)12-16)23(32)28(24)19(17)14-10-8-13(2)9-11-14/h5-12,17-19H,4H2,1-3H3/t17-,18-,19-,24-/m1/s1. The highest BCUT2D eigenvalue weighted by molar-refractivity contribution is 9.10. The van der Waals surface area contributed by atoms with Gasteiger partial charge in [0.2, 0.25) is 11.8 Å². The molecule has 0 aromatic heterocycles. The highest BCUT2D eigenvalue weighted by atomic mass is 79.9. The van der Waals surface area contributed by atoms with E-state index in [2.05, 4.69) is 15.9 Å². The van der Waals surface area contributed by atoms with Gasteiger partial charge in [-0.1, -0.05) is 51.8 Å². The summed E-state index contributed by atoms with van der Waals surface area (Å²) >= 11 is 3.39. The van der Waals surface area contributed by atoms with Crippen LogP contribution in [0.2, 0.25) is 0 Å². The largest absolute Gasteiger partial charge is 0.332 e. The van der Waals surface area contributed by atoms with E-state index < -0.39 is 35.4 Å². The molecule has 3 fully saturated rings. The van der Waals surface area contributed by atoms with E-state index in [1.165, 1.54) is 9.80 Å². The fraction of sp³-hybridized carbons (Fsp3) is 0.333. The molecule has 3 aliphatic heterocycles. The second kappa shape index (κ2) is 7.00. The second-order valence-electron chi connectivity index (χ2n) is 8.70. The first kappa shape index (κ1) is 20.9. The van der Waals surface area contributed by atoms with E-state index in [0.29, 0.717) is 5.69 Å². The molecule has 0 spiro atoms. The van der Waals surface area contributed by atoms with E-state index in [0.717, 1.165) is 20.5 Å². The Morgan fingerprint density at radius 1 is 1.00 bits per heavy atom. The number of amides is 5. The van der Waals surface area contributed by atoms with Crippen LogP contribution in [0, 0.1) is 18.8 Å². The average molecular weight is 496 g/mol. The number of likely N-dealkylation sites (tertiary alicyclic amines) is 1. The number of aryl methyl sites for hydroxylation is 1. The molecule has 5 amide bonds. The number of hydrogen-bond donors (Lipinski definition) is 0. The predicted octanol–water partition coefficient (Wildman–Crippen LogP) is 3.66. The lowest BCUT2D eigenvalue weighted by molar-refractivity contribution is -0.143. The van der Waals surface area contributed by atoms with Crippen molar-refractivity contribution in [3.05, 3.63) is 64.1 Å². The quantitative estimate of drug-likeness (QED) is 0.480. The predicted molar refractivity (Wildman–Crippen MR) is 121 cm³/mol. The molecule has 0 aliphatic carbocycles. The van der Waals surface area contributed by atoms with Gasteiger partial charge in [0.25, 0.3) is 5.91 Å². The van der Waals surface area contributed by atoms with E-state index >= 15 is 0 Å². The van der Waals surface area contributed by atoms with Crippen LogP contribution in [0.1, 0.15) is 31.0 Å². The first-order valence-electron chi connectivity index (χ1n) is 10.6. The highest BCUT2D eigenvalue weighted by Crippen LogP contribution is 2.58. The summed E-state index contributed by atoms with van der Waals surface area (Å²) in [5.74, 6) is -2.90. The van der Waals surface area contributed by atoms with Crippen molar-refractivity contribution in [1.29, 1.82) is 0 Å². The third kappa shape index (κ3) is 2.53. The molecule has 3 saturated heterocycles. The summed E-state index contributed by atoms with van der Waals surface area (Å²) in [6.45, 7) is 5.56. The lowest BCUT2D eigenvalue weighted by atomic mass is 9.79. The van der Waals surface area contributed by atoms with E-state index in [4.69, 9.17) is 0 Å². The summed E-state index contributed by atoms with van der Waals surface area (Å²) in [4.78, 5) is 58.0. The van der Waals surface area contributed by atoms with Gasteiger partial charge in [0, 0.05) is 11.0 Å². The Kier molecular flexibility index (Phi) is 4.57. The first-order chi connectivity index (χ1) is 15.2. The molecule has 32 heavy (non-hydrogen) atoms. The Balaban J connectivity index is 1.71. The normalized spacial score (nSPS) is 29.2. The maximum Gasteiger partial charge on any atom is 0.332 e. The van der Waals surface area contributed by atoms with Crippen LogP contribution in [0.25, 0.3) is 0 Å². The molecule has 0 saturated carbocycles. The van der Waals surface area contributed by atoms with Crippen molar-refractivity contribution in [2.24, 2.45) is 11.8 Å². The van der Waals surface area contributed by atoms with Gasteiger partial charge in [-0.25, -0.2) is 9.69 Å². The maximum absolute atomic E-state index is 13.8. The van der Waals surface area contributed by atoms with E-state index in [1.54, 1.807) is 38.1 Å². The average Bonchev–Trinajstić information content (AvgIpc) is 3.26. The molecule has 7 nitrogen and oxygen atoms in total. The summed E-state index contributed by atoms with van der Waals surface area (Å²) in [6.07, 6.45) is 0. The van der Waals surface area contributed by atoms with Crippen molar-refractivity contribution in [2.45, 2.75) is 32.4 Å². The number of hydrogen-bond acceptors (Lipinski definition) is 4. The van der Waals surface area contributed by atoms with Crippen LogP contribution in [0.4, 0.5) is 10.5 Å². The number of carbonyl (C=O) groups is 4. The highest BCUT2D eigenvalue weighted by Gasteiger charge is 2.75. The zero-order valence-electron chi connectivity index (χ0n) is 17.9. The number of urea groups is 1. The molecule has 3 heterocycles. The van der Waals surface area contributed by atoms with Gasteiger partial charge in [0.15, 0.2) is 0 Å². The molecular formula is C24H22BrN3O4. The molecule has 3 aliphatic rings. The Morgan fingerprint density at radius 3 is 2.31 bits per heavy atom. The Bertz CT molecular complexity index is 1180. The van der Waals surface area contributed by atoms with Crippen LogP contribution in [-0.2, 0) is 14.4 Å². The van der Waals surface area contributed by atoms with Crippen LogP contribution in [0.15, 0.2) is 53.0 Å². The molecule has 4 atom stereocenters. The number of imide groups is 2. The van der Waals surface area contributed by atoms with Gasteiger partial charge < -0.3 is 4.90 Å². The topological polar surface area (TPSA) is 78.0 Å². The molecular weight excluding hydrogens is 474 g/mol. The van der Waals surface area contributed by atoms with Gasteiger partial charge in [-0.2, -0.15) is 0 Å². The second-order valence-corrected chi connectivity index (χ2v) is 9.62. The van der Waals surface area contributed by atoms with Crippen LogP contribution in [-0.4, -0.2) is 45.6 Å². The van der Waals surface area contributed by atoms with Crippen molar-refractivity contribution in [1.82, 2.24) is 9.80 Å². The van der Waals surface area contributed by atoms with Crippen molar-refractivity contribution in [2.75, 3.05) is 11.4 Å². The Morgan fingerprint density at radius 2 is 1.69 bits per heavy atom. The maximum atomic E-state index is 13.8. The van der Waals surface area contributed by atoms with Gasteiger partial charge in [0.05, 0.1) is 23.6 Å². The lowest BCUT2D eigenvalue weighted by Gasteiger charge is -2.32. The number of benzene rings is 2. The molecule has 0 unspecified atom stereocenters. The number of rotatable bonds is 3. The fourth-order valence-electron chi connectivity index (χ4n) is 5.51. The van der Waals surface area contributed by atoms with Crippen molar-refractivity contribution < 1.29 is 19.2 Å². The van der Waals surface area contributed by atoms with Crippen LogP contribution in [0.3, 0.4) is 0 Å². The van der Waals surface area contributed by atoms with Gasteiger partial charge >= 0.3 is 6.03 Å². The van der Waals surface area contributed by atoms with Crippen molar-refractivity contribution >= 4 is 45.4 Å². The monoisotopic (exact) mass is 495 g/mol. The number of fused-ring (bicyclic) bond motifs is 3. The zero-order valence-corrected chi connectivity index (χ0v) is 19.5. The minimum Gasteiger partial charge on any atom is -0.301 e. The Labute approximate surface area is 194 Å². The summed E-state index contributed by atoms with van der Waals surface area (Å²) in [5, 5.41) is 0. The van der Waals surface area contributed by atoms with Gasteiger partial charge in [0.1, 0.15) is 5.54 Å². The molecule has 2 aromatic carbocycles. The lowest BCUT2D eigenvalue weighted by Crippen LogP contribution is -2.51. The number of carbonyl (C=O) groups excluding carboxylic acids is 4. The van der Waals surface area contributed by atoms with Gasteiger partial charge in [-0.3, -0.25) is 19.3 Å². The summed E-state index contributed by atoms with van der Waals surface area (Å²) in [6, 6.07) is 13.3. The van der Waals surface area contributed by atoms with Gasteiger partial charge in [-0.05, 0) is 44.5 Å². The van der Waals surface area contributed by atoms with Crippen LogP contribution < -0.4 is 4.90 Å². The molecule has 0 radical (unpaired) electrons. The number of halogens is 1. The Hall–Kier alpha value is -3.00. The molecule has 0 bridgehead atoms. The number of nitrogens with zero attached hydrogens (tertiary/aromatic N) is 3. The zero-order chi connectivity index (χ0) is 22.9. The summed E-state index contributed by atoms with van der Waals surface area (Å²) < 4.78 is 0.727. The molecule has 164 valence electrons.